The van der Waals surface area contributed by atoms with E-state index in [-0.39, 0.29) is 5.41 Å². The van der Waals surface area contributed by atoms with Crippen molar-refractivity contribution in [3.8, 4) is 51.1 Å². The lowest BCUT2D eigenvalue weighted by Gasteiger charge is -2.35. The number of nitriles is 1. The molecule has 1 aliphatic rings. The maximum Gasteiger partial charge on any atom is 0.160 e. The fourth-order valence-corrected chi connectivity index (χ4v) is 7.70. The summed E-state index contributed by atoms with van der Waals surface area (Å²) in [5, 5.41) is 11.5. The van der Waals surface area contributed by atoms with Crippen molar-refractivity contribution in [3.05, 3.63) is 132 Å². The zero-order valence-corrected chi connectivity index (χ0v) is 27.6. The Hall–Kier alpha value is -5.07. The van der Waals surface area contributed by atoms with E-state index in [1.165, 1.54) is 37.7 Å². The van der Waals surface area contributed by atoms with Crippen LogP contribution in [-0.2, 0) is 5.41 Å². The summed E-state index contributed by atoms with van der Waals surface area (Å²) >= 11 is 0. The molecule has 0 bridgehead atoms. The molecule has 0 spiro atoms. The summed E-state index contributed by atoms with van der Waals surface area (Å²) in [5.74, 6) is 2.24. The summed E-state index contributed by atoms with van der Waals surface area (Å²) in [6.07, 6.45) is 6.37. The van der Waals surface area contributed by atoms with Crippen molar-refractivity contribution in [1.29, 1.82) is 5.26 Å². The molecule has 1 saturated carbocycles. The maximum absolute atomic E-state index is 9.26. The minimum absolute atomic E-state index is 0.242. The first-order valence-electron chi connectivity index (χ1n) is 17.0. The van der Waals surface area contributed by atoms with Gasteiger partial charge in [-0.15, -0.1) is 0 Å². The molecule has 1 fully saturated rings. The molecule has 0 aliphatic heterocycles. The fourth-order valence-electron chi connectivity index (χ4n) is 7.70. The SMILES string of the molecule is CCC1(c2ccc(-c3cc(-c4ccc(-c5ccc6cc(C#N)ccc6c5)cc4)nc(-c4ccccc4)n3)cc2)C[C@H](C)CC[C@H](C)C1. The number of nitrogens with zero attached hydrogens (tertiary/aromatic N) is 3. The molecule has 47 heavy (non-hydrogen) atoms. The van der Waals surface area contributed by atoms with Crippen molar-refractivity contribution < 1.29 is 0 Å². The summed E-state index contributed by atoms with van der Waals surface area (Å²) in [7, 11) is 0. The molecule has 1 aliphatic carbocycles. The van der Waals surface area contributed by atoms with E-state index in [9.17, 15) is 5.26 Å². The molecule has 3 atom stereocenters. The van der Waals surface area contributed by atoms with Crippen LogP contribution >= 0.6 is 0 Å². The van der Waals surface area contributed by atoms with Gasteiger partial charge in [-0.3, -0.25) is 0 Å². The molecular formula is C44H41N3. The second-order valence-corrected chi connectivity index (χ2v) is 13.7. The van der Waals surface area contributed by atoms with E-state index < -0.39 is 0 Å². The molecule has 3 nitrogen and oxygen atoms in total. The summed E-state index contributed by atoms with van der Waals surface area (Å²) in [5.41, 5.74) is 9.68. The van der Waals surface area contributed by atoms with Gasteiger partial charge in [-0.05, 0) is 88.2 Å². The largest absolute Gasteiger partial charge is 0.228 e. The first-order chi connectivity index (χ1) is 22.9. The van der Waals surface area contributed by atoms with Crippen LogP contribution in [0.4, 0.5) is 0 Å². The van der Waals surface area contributed by atoms with E-state index in [0.29, 0.717) is 5.56 Å². The Labute approximate surface area is 279 Å². The molecule has 0 amide bonds. The zero-order chi connectivity index (χ0) is 32.4. The standard InChI is InChI=1S/C44H41N3/c1-4-44(27-30(2)10-11-31(3)28-44)40-22-20-35(21-23-40)42-26-41(46-43(47-42)36-8-6-5-7-9-36)34-16-14-33(15-17-34)38-19-18-37-24-32(29-45)12-13-39(37)25-38/h5-9,12-26,30-31H,4,10-11,27-28H2,1-3H3/t30-,31+,44?. The lowest BCUT2D eigenvalue weighted by atomic mass is 9.69. The minimum atomic E-state index is 0.242. The van der Waals surface area contributed by atoms with Crippen molar-refractivity contribution in [1.82, 2.24) is 9.97 Å². The van der Waals surface area contributed by atoms with Crippen LogP contribution in [-0.4, -0.2) is 9.97 Å². The third-order valence-electron chi connectivity index (χ3n) is 10.3. The Morgan fingerprint density at radius 1 is 0.617 bits per heavy atom. The second kappa shape index (κ2) is 13.0. The van der Waals surface area contributed by atoms with Gasteiger partial charge in [-0.2, -0.15) is 5.26 Å². The van der Waals surface area contributed by atoms with Crippen LogP contribution in [0, 0.1) is 23.2 Å². The third-order valence-corrected chi connectivity index (χ3v) is 10.3. The summed E-state index contributed by atoms with van der Waals surface area (Å²) < 4.78 is 0. The van der Waals surface area contributed by atoms with Crippen molar-refractivity contribution in [2.45, 2.75) is 58.3 Å². The van der Waals surface area contributed by atoms with E-state index in [1.54, 1.807) is 0 Å². The van der Waals surface area contributed by atoms with Crippen LogP contribution in [0.1, 0.15) is 64.0 Å². The number of rotatable bonds is 6. The van der Waals surface area contributed by atoms with Gasteiger partial charge in [0.05, 0.1) is 23.0 Å². The van der Waals surface area contributed by atoms with Crippen LogP contribution in [0.3, 0.4) is 0 Å². The van der Waals surface area contributed by atoms with Crippen LogP contribution < -0.4 is 0 Å². The molecule has 0 radical (unpaired) electrons. The molecule has 6 aromatic rings. The maximum atomic E-state index is 9.26. The Morgan fingerprint density at radius 2 is 1.17 bits per heavy atom. The summed E-state index contributed by atoms with van der Waals surface area (Å²) in [4.78, 5) is 10.2. The van der Waals surface area contributed by atoms with E-state index in [4.69, 9.17) is 9.97 Å². The number of hydrogen-bond donors (Lipinski definition) is 0. The quantitative estimate of drug-likeness (QED) is 0.176. The highest BCUT2D eigenvalue weighted by Crippen LogP contribution is 2.45. The average Bonchev–Trinajstić information content (AvgIpc) is 3.29. The molecule has 232 valence electrons. The number of fused-ring (bicyclic) bond motifs is 1. The van der Waals surface area contributed by atoms with Gasteiger partial charge in [0, 0.05) is 16.7 Å². The molecule has 0 N–H and O–H groups in total. The van der Waals surface area contributed by atoms with Crippen LogP contribution in [0.5, 0.6) is 0 Å². The molecule has 3 heteroatoms. The Balaban J connectivity index is 1.24. The Bertz CT molecular complexity index is 2040. The van der Waals surface area contributed by atoms with Gasteiger partial charge < -0.3 is 0 Å². The Kier molecular flexibility index (Phi) is 8.44. The van der Waals surface area contributed by atoms with Crippen LogP contribution in [0.15, 0.2) is 121 Å². The average molecular weight is 612 g/mol. The fraction of sp³-hybridized carbons (Fsp3) is 0.250. The molecule has 7 rings (SSSR count). The van der Waals surface area contributed by atoms with Crippen LogP contribution in [0.2, 0.25) is 0 Å². The highest BCUT2D eigenvalue weighted by molar-refractivity contribution is 5.88. The molecule has 1 heterocycles. The van der Waals surface area contributed by atoms with Crippen molar-refractivity contribution in [2.75, 3.05) is 0 Å². The number of benzene rings is 5. The molecule has 1 aromatic heterocycles. The van der Waals surface area contributed by atoms with Gasteiger partial charge in [-0.25, -0.2) is 9.97 Å². The first-order valence-corrected chi connectivity index (χ1v) is 17.0. The van der Waals surface area contributed by atoms with E-state index in [0.717, 1.165) is 67.6 Å². The lowest BCUT2D eigenvalue weighted by Crippen LogP contribution is -2.28. The van der Waals surface area contributed by atoms with E-state index in [1.807, 2.05) is 36.4 Å². The van der Waals surface area contributed by atoms with Gasteiger partial charge in [0.25, 0.3) is 0 Å². The normalized spacial score (nSPS) is 19.6. The van der Waals surface area contributed by atoms with Crippen LogP contribution in [0.25, 0.3) is 55.8 Å². The van der Waals surface area contributed by atoms with Gasteiger partial charge in [0.15, 0.2) is 5.82 Å². The number of aromatic nitrogens is 2. The van der Waals surface area contributed by atoms with Gasteiger partial charge in [0.2, 0.25) is 0 Å². The molecule has 5 aromatic carbocycles. The predicted molar refractivity (Wildman–Crippen MR) is 195 cm³/mol. The third kappa shape index (κ3) is 6.34. The topological polar surface area (TPSA) is 49.6 Å². The van der Waals surface area contributed by atoms with Gasteiger partial charge >= 0.3 is 0 Å². The van der Waals surface area contributed by atoms with E-state index >= 15 is 0 Å². The second-order valence-electron chi connectivity index (χ2n) is 13.7. The van der Waals surface area contributed by atoms with Gasteiger partial charge in [-0.1, -0.05) is 131 Å². The van der Waals surface area contributed by atoms with Crippen molar-refractivity contribution >= 4 is 10.8 Å². The van der Waals surface area contributed by atoms with Gasteiger partial charge in [0.1, 0.15) is 0 Å². The zero-order valence-electron chi connectivity index (χ0n) is 27.6. The predicted octanol–water partition coefficient (Wildman–Crippen LogP) is 11.7. The number of hydrogen-bond acceptors (Lipinski definition) is 3. The molecule has 1 unspecified atom stereocenters. The summed E-state index contributed by atoms with van der Waals surface area (Å²) in [6.45, 7) is 7.24. The first kappa shape index (κ1) is 30.6. The van der Waals surface area contributed by atoms with E-state index in [2.05, 4.69) is 112 Å². The molecular weight excluding hydrogens is 571 g/mol. The lowest BCUT2D eigenvalue weighted by molar-refractivity contribution is 0.295. The highest BCUT2D eigenvalue weighted by atomic mass is 14.9. The minimum Gasteiger partial charge on any atom is -0.228 e. The monoisotopic (exact) mass is 611 g/mol. The molecule has 0 saturated heterocycles. The summed E-state index contributed by atoms with van der Waals surface area (Å²) in [6, 6.07) is 44.8. The smallest absolute Gasteiger partial charge is 0.160 e. The Morgan fingerprint density at radius 3 is 1.79 bits per heavy atom. The highest BCUT2D eigenvalue weighted by Gasteiger charge is 2.36. The van der Waals surface area contributed by atoms with Crippen molar-refractivity contribution in [3.63, 3.8) is 0 Å². The van der Waals surface area contributed by atoms with Crippen molar-refractivity contribution in [2.24, 2.45) is 11.8 Å².